The monoisotopic (exact) mass is 256 g/mol. The van der Waals surface area contributed by atoms with Crippen molar-refractivity contribution in [3.63, 3.8) is 0 Å². The fourth-order valence-corrected chi connectivity index (χ4v) is 2.44. The van der Waals surface area contributed by atoms with Crippen molar-refractivity contribution in [3.05, 3.63) is 59.7 Å². The maximum atomic E-state index is 10.2. The van der Waals surface area contributed by atoms with Crippen LogP contribution in [0.2, 0.25) is 0 Å². The smallest absolute Gasteiger partial charge is 0.127 e. The Labute approximate surface area is 112 Å². The third-order valence-corrected chi connectivity index (χ3v) is 3.45. The number of aliphatic hydroxyl groups is 1. The molecule has 19 heavy (non-hydrogen) atoms. The first-order valence-corrected chi connectivity index (χ1v) is 6.35. The van der Waals surface area contributed by atoms with E-state index >= 15 is 0 Å². The highest BCUT2D eigenvalue weighted by atomic mass is 16.5. The first kappa shape index (κ1) is 12.1. The Balaban J connectivity index is 1.92. The molecule has 0 aliphatic carbocycles. The average molecular weight is 256 g/mol. The molecule has 0 bridgehead atoms. The molecule has 1 aliphatic heterocycles. The van der Waals surface area contributed by atoms with Gasteiger partial charge in [0.15, 0.2) is 0 Å². The molecular weight excluding hydrogens is 240 g/mol. The molecule has 0 radical (unpaired) electrons. The summed E-state index contributed by atoms with van der Waals surface area (Å²) < 4.78 is 11.2. The second-order valence-corrected chi connectivity index (χ2v) is 4.67. The zero-order chi connectivity index (χ0) is 13.2. The summed E-state index contributed by atoms with van der Waals surface area (Å²) in [6.07, 6.45) is -0.0642. The Morgan fingerprint density at radius 1 is 1.16 bits per heavy atom. The molecule has 0 spiro atoms. The van der Waals surface area contributed by atoms with Crippen molar-refractivity contribution in [2.24, 2.45) is 0 Å². The second kappa shape index (κ2) is 4.94. The zero-order valence-electron chi connectivity index (χ0n) is 10.7. The molecule has 0 amide bonds. The van der Waals surface area contributed by atoms with Gasteiger partial charge in [0.05, 0.1) is 13.2 Å². The summed E-state index contributed by atoms with van der Waals surface area (Å²) in [5.41, 5.74) is 1.88. The predicted octanol–water partition coefficient (Wildman–Crippen LogP) is 3.25. The van der Waals surface area contributed by atoms with Crippen LogP contribution in [0, 0.1) is 0 Å². The minimum absolute atomic E-state index is 0.139. The molecule has 3 rings (SSSR count). The lowest BCUT2D eigenvalue weighted by atomic mass is 9.95. The fraction of sp³-hybridized carbons (Fsp3) is 0.250. The van der Waals surface area contributed by atoms with Crippen LogP contribution >= 0.6 is 0 Å². The SMILES string of the molecule is COc1cccc(C2C[C@@H](O)c3ccccc3O2)c1. The van der Waals surface area contributed by atoms with Gasteiger partial charge < -0.3 is 14.6 Å². The Morgan fingerprint density at radius 2 is 2.00 bits per heavy atom. The standard InChI is InChI=1S/C16H16O3/c1-18-12-6-4-5-11(9-12)16-10-14(17)13-7-2-3-8-15(13)19-16/h2-9,14,16-17H,10H2,1H3/t14-,16?/m1/s1. The average Bonchev–Trinajstić information content (AvgIpc) is 2.47. The van der Waals surface area contributed by atoms with Crippen LogP contribution in [0.25, 0.3) is 0 Å². The summed E-state index contributed by atoms with van der Waals surface area (Å²) >= 11 is 0. The highest BCUT2D eigenvalue weighted by Gasteiger charge is 2.27. The predicted molar refractivity (Wildman–Crippen MR) is 72.4 cm³/mol. The van der Waals surface area contributed by atoms with E-state index in [4.69, 9.17) is 9.47 Å². The zero-order valence-corrected chi connectivity index (χ0v) is 10.7. The van der Waals surface area contributed by atoms with Crippen molar-refractivity contribution in [2.45, 2.75) is 18.6 Å². The molecule has 98 valence electrons. The van der Waals surface area contributed by atoms with Crippen LogP contribution in [0.4, 0.5) is 0 Å². The van der Waals surface area contributed by atoms with Crippen molar-refractivity contribution in [1.29, 1.82) is 0 Å². The van der Waals surface area contributed by atoms with E-state index in [1.54, 1.807) is 7.11 Å². The molecule has 1 aliphatic rings. The van der Waals surface area contributed by atoms with Crippen molar-refractivity contribution in [3.8, 4) is 11.5 Å². The van der Waals surface area contributed by atoms with Gasteiger partial charge in [0, 0.05) is 12.0 Å². The van der Waals surface area contributed by atoms with Crippen LogP contribution in [-0.2, 0) is 0 Å². The van der Waals surface area contributed by atoms with Crippen molar-refractivity contribution < 1.29 is 14.6 Å². The van der Waals surface area contributed by atoms with E-state index < -0.39 is 6.10 Å². The lowest BCUT2D eigenvalue weighted by Crippen LogP contribution is -2.18. The van der Waals surface area contributed by atoms with Crippen molar-refractivity contribution in [1.82, 2.24) is 0 Å². The van der Waals surface area contributed by atoms with E-state index in [2.05, 4.69) is 0 Å². The summed E-state index contributed by atoms with van der Waals surface area (Å²) in [4.78, 5) is 0. The number of rotatable bonds is 2. The molecule has 1 unspecified atom stereocenters. The van der Waals surface area contributed by atoms with Crippen LogP contribution in [0.1, 0.15) is 29.8 Å². The van der Waals surface area contributed by atoms with Gasteiger partial charge in [0.25, 0.3) is 0 Å². The molecule has 2 atom stereocenters. The van der Waals surface area contributed by atoms with Crippen LogP contribution in [-0.4, -0.2) is 12.2 Å². The minimum Gasteiger partial charge on any atom is -0.497 e. The molecule has 0 fully saturated rings. The molecule has 3 nitrogen and oxygen atoms in total. The number of para-hydroxylation sites is 1. The van der Waals surface area contributed by atoms with Crippen molar-refractivity contribution >= 4 is 0 Å². The molecule has 2 aromatic rings. The third-order valence-electron chi connectivity index (χ3n) is 3.45. The van der Waals surface area contributed by atoms with Crippen LogP contribution in [0.15, 0.2) is 48.5 Å². The second-order valence-electron chi connectivity index (χ2n) is 4.67. The maximum absolute atomic E-state index is 10.2. The highest BCUT2D eigenvalue weighted by molar-refractivity contribution is 5.39. The molecule has 1 N–H and O–H groups in total. The molecule has 0 saturated heterocycles. The van der Waals surface area contributed by atoms with E-state index in [1.165, 1.54) is 0 Å². The van der Waals surface area contributed by atoms with Gasteiger partial charge in [-0.15, -0.1) is 0 Å². The molecular formula is C16H16O3. The topological polar surface area (TPSA) is 38.7 Å². The van der Waals surface area contributed by atoms with Crippen LogP contribution in [0.3, 0.4) is 0 Å². The Bertz CT molecular complexity index is 580. The summed E-state index contributed by atoms with van der Waals surface area (Å²) in [5.74, 6) is 1.56. The van der Waals surface area contributed by atoms with Gasteiger partial charge in [-0.3, -0.25) is 0 Å². The number of benzene rings is 2. The minimum atomic E-state index is -0.485. The van der Waals surface area contributed by atoms with E-state index in [-0.39, 0.29) is 6.10 Å². The Hall–Kier alpha value is -2.00. The van der Waals surface area contributed by atoms with E-state index in [9.17, 15) is 5.11 Å². The van der Waals surface area contributed by atoms with Gasteiger partial charge in [0.2, 0.25) is 0 Å². The maximum Gasteiger partial charge on any atom is 0.127 e. The summed E-state index contributed by atoms with van der Waals surface area (Å²) in [5, 5.41) is 10.2. The molecule has 1 heterocycles. The summed E-state index contributed by atoms with van der Waals surface area (Å²) in [6.45, 7) is 0. The van der Waals surface area contributed by atoms with Gasteiger partial charge >= 0.3 is 0 Å². The number of hydrogen-bond donors (Lipinski definition) is 1. The first-order chi connectivity index (χ1) is 9.28. The van der Waals surface area contributed by atoms with E-state index in [1.807, 2.05) is 48.5 Å². The molecule has 0 aromatic heterocycles. The highest BCUT2D eigenvalue weighted by Crippen LogP contribution is 2.40. The third kappa shape index (κ3) is 2.29. The molecule has 0 saturated carbocycles. The normalized spacial score (nSPS) is 21.4. The first-order valence-electron chi connectivity index (χ1n) is 6.35. The van der Waals surface area contributed by atoms with Gasteiger partial charge in [-0.1, -0.05) is 30.3 Å². The number of methoxy groups -OCH3 is 1. The lowest BCUT2D eigenvalue weighted by molar-refractivity contribution is 0.0656. The van der Waals surface area contributed by atoms with Crippen LogP contribution < -0.4 is 9.47 Å². The van der Waals surface area contributed by atoms with Gasteiger partial charge in [0.1, 0.15) is 17.6 Å². The van der Waals surface area contributed by atoms with E-state index in [0.29, 0.717) is 6.42 Å². The quantitative estimate of drug-likeness (QED) is 0.896. The lowest BCUT2D eigenvalue weighted by Gasteiger charge is -2.30. The largest absolute Gasteiger partial charge is 0.497 e. The summed E-state index contributed by atoms with van der Waals surface area (Å²) in [6, 6.07) is 15.4. The summed E-state index contributed by atoms with van der Waals surface area (Å²) in [7, 11) is 1.64. The molecule has 2 aromatic carbocycles. The van der Waals surface area contributed by atoms with Gasteiger partial charge in [-0.2, -0.15) is 0 Å². The number of ether oxygens (including phenoxy) is 2. The Kier molecular flexibility index (Phi) is 3.13. The van der Waals surface area contributed by atoms with Gasteiger partial charge in [-0.25, -0.2) is 0 Å². The van der Waals surface area contributed by atoms with Gasteiger partial charge in [-0.05, 0) is 23.8 Å². The number of aliphatic hydroxyl groups excluding tert-OH is 1. The Morgan fingerprint density at radius 3 is 2.84 bits per heavy atom. The fourth-order valence-electron chi connectivity index (χ4n) is 2.44. The van der Waals surface area contributed by atoms with E-state index in [0.717, 1.165) is 22.6 Å². The van der Waals surface area contributed by atoms with Crippen LogP contribution in [0.5, 0.6) is 11.5 Å². The number of fused-ring (bicyclic) bond motifs is 1. The molecule has 3 heteroatoms. The van der Waals surface area contributed by atoms with Crippen molar-refractivity contribution in [2.75, 3.05) is 7.11 Å². The number of hydrogen-bond acceptors (Lipinski definition) is 3.